The predicted molar refractivity (Wildman–Crippen MR) is 135 cm³/mol. The normalized spacial score (nSPS) is 26.6. The van der Waals surface area contributed by atoms with Crippen LogP contribution in [0.25, 0.3) is 0 Å². The third-order valence-corrected chi connectivity index (χ3v) is 11.7. The van der Waals surface area contributed by atoms with Gasteiger partial charge in [-0.15, -0.1) is 0 Å². The molecule has 176 valence electrons. The third-order valence-electron chi connectivity index (χ3n) is 8.20. The van der Waals surface area contributed by atoms with Gasteiger partial charge in [-0.25, -0.2) is 4.39 Å². The number of ether oxygens (including phenoxy) is 1. The highest BCUT2D eigenvalue weighted by Crippen LogP contribution is 2.38. The molecule has 1 heterocycles. The Morgan fingerprint density at radius 3 is 2.10 bits per heavy atom. The van der Waals surface area contributed by atoms with Crippen molar-refractivity contribution < 1.29 is 9.13 Å². The molecule has 0 amide bonds. The molecule has 0 radical (unpaired) electrons. The lowest BCUT2D eigenvalue weighted by molar-refractivity contribution is 0.273. The predicted octanol–water partition coefficient (Wildman–Crippen LogP) is 8.70. The van der Waals surface area contributed by atoms with Crippen molar-refractivity contribution in [2.24, 2.45) is 11.8 Å². The molecule has 1 aliphatic carbocycles. The zero-order chi connectivity index (χ0) is 21.7. The van der Waals surface area contributed by atoms with Crippen LogP contribution in [0.1, 0.15) is 102 Å². The molecule has 1 aromatic carbocycles. The minimum absolute atomic E-state index is 0.159. The molecular weight excluding hydrogens is 399 g/mol. The number of benzene rings is 1. The zero-order valence-corrected chi connectivity index (χ0v) is 21.3. The van der Waals surface area contributed by atoms with E-state index in [4.69, 9.17) is 4.74 Å². The maximum Gasteiger partial charge on any atom is 0.123 e. The number of halogens is 1. The van der Waals surface area contributed by atoms with Crippen molar-refractivity contribution in [2.45, 2.75) is 114 Å². The fourth-order valence-corrected chi connectivity index (χ4v) is 9.75. The average Bonchev–Trinajstić information content (AvgIpc) is 2.82. The van der Waals surface area contributed by atoms with Crippen LogP contribution in [-0.2, 0) is 0 Å². The zero-order valence-electron chi connectivity index (χ0n) is 20.1. The van der Waals surface area contributed by atoms with Crippen LogP contribution in [-0.4, -0.2) is 22.1 Å². The minimum Gasteiger partial charge on any atom is -0.491 e. The van der Waals surface area contributed by atoms with Gasteiger partial charge in [0, 0.05) is 8.80 Å². The Bertz CT molecular complexity index is 573. The smallest absolute Gasteiger partial charge is 0.123 e. The van der Waals surface area contributed by atoms with Gasteiger partial charge in [0.25, 0.3) is 0 Å². The Morgan fingerprint density at radius 1 is 0.839 bits per heavy atom. The number of unbranched alkanes of at least 4 members (excludes halogenated alkanes) is 3. The van der Waals surface area contributed by atoms with Crippen LogP contribution >= 0.6 is 0 Å². The highest BCUT2D eigenvalue weighted by atomic mass is 28.3. The summed E-state index contributed by atoms with van der Waals surface area (Å²) in [5.74, 6) is 3.54. The summed E-state index contributed by atoms with van der Waals surface area (Å²) in [5.41, 5.74) is 1.44. The van der Waals surface area contributed by atoms with Crippen LogP contribution in [0.4, 0.5) is 4.39 Å². The second kappa shape index (κ2) is 14.3. The number of hydrogen-bond acceptors (Lipinski definition) is 1. The van der Waals surface area contributed by atoms with Crippen LogP contribution in [0.15, 0.2) is 24.3 Å². The van der Waals surface area contributed by atoms with Gasteiger partial charge in [0.15, 0.2) is 0 Å². The minimum atomic E-state index is -0.423. The van der Waals surface area contributed by atoms with Crippen LogP contribution in [0.2, 0.25) is 18.1 Å². The van der Waals surface area contributed by atoms with E-state index < -0.39 is 6.67 Å². The van der Waals surface area contributed by atoms with Gasteiger partial charge in [-0.05, 0) is 61.1 Å². The van der Waals surface area contributed by atoms with Crippen molar-refractivity contribution in [1.29, 1.82) is 0 Å². The molecule has 0 N–H and O–H groups in total. The first-order valence-electron chi connectivity index (χ1n) is 13.6. The van der Waals surface area contributed by atoms with Crippen molar-refractivity contribution in [3.63, 3.8) is 0 Å². The molecule has 1 aromatic rings. The molecule has 1 saturated heterocycles. The van der Waals surface area contributed by atoms with Crippen LogP contribution in [0, 0.1) is 11.8 Å². The molecule has 0 atom stereocenters. The Morgan fingerprint density at radius 2 is 1.48 bits per heavy atom. The first-order chi connectivity index (χ1) is 15.3. The molecule has 0 aromatic heterocycles. The molecule has 3 heteroatoms. The van der Waals surface area contributed by atoms with E-state index in [0.29, 0.717) is 5.92 Å². The average molecular weight is 447 g/mol. The molecule has 1 aliphatic heterocycles. The SMILES string of the molecule is CCCCC[Si@H]1CC[C@H](CCCC[C@H]2CC[C@H](c3ccc(OCCF)cc3)CC2)CC1. The van der Waals surface area contributed by atoms with Crippen molar-refractivity contribution in [3.05, 3.63) is 29.8 Å². The summed E-state index contributed by atoms with van der Waals surface area (Å²) < 4.78 is 17.6. The molecule has 2 fully saturated rings. The standard InChI is InChI=1S/C28H47FOSi/c1-2-3-6-21-31-22-17-25(18-23-31)8-5-4-7-24-9-11-26(12-10-24)27-13-15-28(16-14-27)30-20-19-29/h13-16,24-26,31H,2-12,17-23H2,1H3/t24-,25-,26-,31-. The Kier molecular flexibility index (Phi) is 11.5. The van der Waals surface area contributed by atoms with Gasteiger partial charge in [0.05, 0.1) is 0 Å². The van der Waals surface area contributed by atoms with E-state index in [0.717, 1.165) is 17.6 Å². The van der Waals surface area contributed by atoms with Crippen LogP contribution in [0.5, 0.6) is 5.75 Å². The Balaban J connectivity index is 1.23. The van der Waals surface area contributed by atoms with Crippen molar-refractivity contribution in [2.75, 3.05) is 13.3 Å². The van der Waals surface area contributed by atoms with E-state index in [1.165, 1.54) is 76.2 Å². The molecule has 0 bridgehead atoms. The van der Waals surface area contributed by atoms with Gasteiger partial charge in [-0.3, -0.25) is 0 Å². The fourth-order valence-electron chi connectivity index (χ4n) is 6.13. The van der Waals surface area contributed by atoms with Gasteiger partial charge < -0.3 is 4.74 Å². The Labute approximate surface area is 193 Å². The van der Waals surface area contributed by atoms with Gasteiger partial charge in [-0.2, -0.15) is 0 Å². The third kappa shape index (κ3) is 8.90. The van der Waals surface area contributed by atoms with Crippen molar-refractivity contribution >= 4 is 8.80 Å². The van der Waals surface area contributed by atoms with Crippen molar-refractivity contribution in [3.8, 4) is 5.75 Å². The number of rotatable bonds is 13. The van der Waals surface area contributed by atoms with E-state index in [1.807, 2.05) is 12.1 Å². The van der Waals surface area contributed by atoms with E-state index in [9.17, 15) is 4.39 Å². The van der Waals surface area contributed by atoms with Crippen LogP contribution < -0.4 is 4.74 Å². The van der Waals surface area contributed by atoms with Crippen LogP contribution in [0.3, 0.4) is 0 Å². The largest absolute Gasteiger partial charge is 0.491 e. The molecule has 1 nitrogen and oxygen atoms in total. The fraction of sp³-hybridized carbons (Fsp3) is 0.786. The number of hydrogen-bond donors (Lipinski definition) is 0. The Hall–Kier alpha value is -0.833. The van der Waals surface area contributed by atoms with Gasteiger partial charge in [-0.1, -0.05) is 95.0 Å². The van der Waals surface area contributed by atoms with Crippen molar-refractivity contribution in [1.82, 2.24) is 0 Å². The molecule has 2 aliphatic rings. The summed E-state index contributed by atoms with van der Waals surface area (Å²) in [4.78, 5) is 0. The lowest BCUT2D eigenvalue weighted by Crippen LogP contribution is -2.21. The first kappa shape index (κ1) is 24.8. The quantitative estimate of drug-likeness (QED) is 0.217. The lowest BCUT2D eigenvalue weighted by Gasteiger charge is -2.30. The first-order valence-corrected chi connectivity index (χ1v) is 16.0. The van der Waals surface area contributed by atoms with E-state index in [1.54, 1.807) is 31.0 Å². The van der Waals surface area contributed by atoms with E-state index in [2.05, 4.69) is 19.1 Å². The second-order valence-corrected chi connectivity index (χ2v) is 14.0. The number of alkyl halides is 1. The molecule has 0 spiro atoms. The van der Waals surface area contributed by atoms with E-state index >= 15 is 0 Å². The maximum atomic E-state index is 12.2. The van der Waals surface area contributed by atoms with E-state index in [-0.39, 0.29) is 15.4 Å². The molecular formula is C28H47FOSi. The summed E-state index contributed by atoms with van der Waals surface area (Å²) in [6, 6.07) is 13.4. The highest BCUT2D eigenvalue weighted by Gasteiger charge is 2.23. The summed E-state index contributed by atoms with van der Waals surface area (Å²) in [6.07, 6.45) is 18.9. The highest BCUT2D eigenvalue weighted by molar-refractivity contribution is 6.58. The molecule has 1 saturated carbocycles. The van der Waals surface area contributed by atoms with Gasteiger partial charge in [0.1, 0.15) is 19.0 Å². The summed E-state index contributed by atoms with van der Waals surface area (Å²) in [6.45, 7) is 2.07. The monoisotopic (exact) mass is 446 g/mol. The lowest BCUT2D eigenvalue weighted by atomic mass is 9.77. The molecule has 0 unspecified atom stereocenters. The maximum absolute atomic E-state index is 12.2. The molecule has 31 heavy (non-hydrogen) atoms. The molecule has 3 rings (SSSR count). The summed E-state index contributed by atoms with van der Waals surface area (Å²) >= 11 is 0. The van der Waals surface area contributed by atoms with Gasteiger partial charge in [0.2, 0.25) is 0 Å². The second-order valence-electron chi connectivity index (χ2n) is 10.5. The summed E-state index contributed by atoms with van der Waals surface area (Å²) in [7, 11) is -0.323. The topological polar surface area (TPSA) is 9.23 Å². The summed E-state index contributed by atoms with van der Waals surface area (Å²) in [5, 5.41) is 0. The van der Waals surface area contributed by atoms with Gasteiger partial charge >= 0.3 is 0 Å².